The SMILES string of the molecule is CCC1(CC)CC(=O)N(CC2CC2C(=O)N[C@H]2CCOc3ccccc32)C(N)=N1. The Kier molecular flexibility index (Phi) is 5.23. The maximum absolute atomic E-state index is 12.8. The van der Waals surface area contributed by atoms with Crippen molar-refractivity contribution in [3.8, 4) is 5.75 Å². The number of hydrogen-bond acceptors (Lipinski definition) is 5. The van der Waals surface area contributed by atoms with Crippen LogP contribution >= 0.6 is 0 Å². The van der Waals surface area contributed by atoms with Gasteiger partial charge in [0.05, 0.1) is 24.6 Å². The molecule has 7 heteroatoms. The number of nitrogens with two attached hydrogens (primary N) is 1. The van der Waals surface area contributed by atoms with Crippen LogP contribution in [0, 0.1) is 11.8 Å². The molecule has 1 fully saturated rings. The van der Waals surface area contributed by atoms with E-state index in [1.165, 1.54) is 0 Å². The molecular weight excluding hydrogens is 368 g/mol. The van der Waals surface area contributed by atoms with Gasteiger partial charge in [-0.15, -0.1) is 0 Å². The Hall–Kier alpha value is -2.57. The third kappa shape index (κ3) is 3.82. The molecule has 2 aliphatic heterocycles. The van der Waals surface area contributed by atoms with Crippen LogP contribution in [0.5, 0.6) is 5.75 Å². The Morgan fingerprint density at radius 3 is 2.83 bits per heavy atom. The minimum atomic E-state index is -0.367. The van der Waals surface area contributed by atoms with E-state index in [-0.39, 0.29) is 35.2 Å². The van der Waals surface area contributed by atoms with Gasteiger partial charge in [-0.3, -0.25) is 14.5 Å². The highest BCUT2D eigenvalue weighted by Gasteiger charge is 2.47. The van der Waals surface area contributed by atoms with Crippen molar-refractivity contribution in [3.63, 3.8) is 0 Å². The van der Waals surface area contributed by atoms with Gasteiger partial charge in [0, 0.05) is 24.4 Å². The fraction of sp³-hybridized carbons (Fsp3) is 0.591. The Bertz CT molecular complexity index is 833. The lowest BCUT2D eigenvalue weighted by atomic mass is 9.88. The zero-order chi connectivity index (χ0) is 20.6. The average molecular weight is 399 g/mol. The molecule has 156 valence electrons. The van der Waals surface area contributed by atoms with Gasteiger partial charge in [-0.25, -0.2) is 4.99 Å². The van der Waals surface area contributed by atoms with Gasteiger partial charge in [0.25, 0.3) is 0 Å². The summed E-state index contributed by atoms with van der Waals surface area (Å²) in [5.74, 6) is 1.27. The number of benzene rings is 1. The van der Waals surface area contributed by atoms with Gasteiger partial charge in [0.15, 0.2) is 5.96 Å². The molecular formula is C22H30N4O3. The van der Waals surface area contributed by atoms with Gasteiger partial charge in [0.2, 0.25) is 11.8 Å². The number of carbonyl (C=O) groups is 2. The summed E-state index contributed by atoms with van der Waals surface area (Å²) < 4.78 is 5.67. The summed E-state index contributed by atoms with van der Waals surface area (Å²) in [6.07, 6.45) is 3.53. The maximum Gasteiger partial charge on any atom is 0.231 e. The molecule has 1 saturated carbocycles. The van der Waals surface area contributed by atoms with Crippen LogP contribution in [0.1, 0.15) is 57.6 Å². The van der Waals surface area contributed by atoms with E-state index in [0.717, 1.165) is 37.0 Å². The van der Waals surface area contributed by atoms with Crippen LogP contribution < -0.4 is 15.8 Å². The van der Waals surface area contributed by atoms with Crippen LogP contribution in [0.2, 0.25) is 0 Å². The first-order valence-corrected chi connectivity index (χ1v) is 10.6. The molecule has 0 spiro atoms. The molecule has 1 aliphatic carbocycles. The molecule has 29 heavy (non-hydrogen) atoms. The summed E-state index contributed by atoms with van der Waals surface area (Å²) in [5.41, 5.74) is 6.80. The Labute approximate surface area is 171 Å². The third-order valence-electron chi connectivity index (χ3n) is 6.68. The number of hydrogen-bond donors (Lipinski definition) is 2. The van der Waals surface area contributed by atoms with Crippen molar-refractivity contribution in [3.05, 3.63) is 29.8 Å². The van der Waals surface area contributed by atoms with E-state index in [0.29, 0.717) is 25.5 Å². The molecule has 2 amide bonds. The molecule has 2 unspecified atom stereocenters. The topological polar surface area (TPSA) is 97.0 Å². The average Bonchev–Trinajstić information content (AvgIpc) is 3.50. The second-order valence-corrected chi connectivity index (χ2v) is 8.42. The second kappa shape index (κ2) is 7.69. The van der Waals surface area contributed by atoms with Gasteiger partial charge < -0.3 is 15.8 Å². The van der Waals surface area contributed by atoms with Crippen molar-refractivity contribution in [1.82, 2.24) is 10.2 Å². The Morgan fingerprint density at radius 1 is 1.34 bits per heavy atom. The van der Waals surface area contributed by atoms with E-state index in [2.05, 4.69) is 10.3 Å². The van der Waals surface area contributed by atoms with Crippen LogP contribution in [0.25, 0.3) is 0 Å². The van der Waals surface area contributed by atoms with Crippen molar-refractivity contribution >= 4 is 17.8 Å². The Balaban J connectivity index is 1.36. The van der Waals surface area contributed by atoms with Crippen molar-refractivity contribution in [2.75, 3.05) is 13.2 Å². The van der Waals surface area contributed by atoms with E-state index < -0.39 is 0 Å². The molecule has 0 saturated heterocycles. The van der Waals surface area contributed by atoms with Crippen LogP contribution in [0.15, 0.2) is 29.3 Å². The molecule has 2 heterocycles. The van der Waals surface area contributed by atoms with E-state index >= 15 is 0 Å². The van der Waals surface area contributed by atoms with Crippen LogP contribution in [-0.4, -0.2) is 41.4 Å². The molecule has 0 aromatic heterocycles. The largest absolute Gasteiger partial charge is 0.493 e. The second-order valence-electron chi connectivity index (χ2n) is 8.42. The maximum atomic E-state index is 12.8. The highest BCUT2D eigenvalue weighted by molar-refractivity contribution is 5.99. The summed E-state index contributed by atoms with van der Waals surface area (Å²) in [6, 6.07) is 7.81. The van der Waals surface area contributed by atoms with Gasteiger partial charge in [-0.05, 0) is 31.2 Å². The summed E-state index contributed by atoms with van der Waals surface area (Å²) in [6.45, 7) is 5.15. The molecule has 0 radical (unpaired) electrons. The first-order valence-electron chi connectivity index (χ1n) is 10.6. The highest BCUT2D eigenvalue weighted by atomic mass is 16.5. The minimum absolute atomic E-state index is 0.0191. The van der Waals surface area contributed by atoms with E-state index in [9.17, 15) is 9.59 Å². The van der Waals surface area contributed by atoms with Crippen molar-refractivity contribution in [2.45, 2.75) is 57.5 Å². The fourth-order valence-corrected chi connectivity index (χ4v) is 4.48. The number of para-hydroxylation sites is 1. The zero-order valence-corrected chi connectivity index (χ0v) is 17.2. The molecule has 1 aromatic rings. The monoisotopic (exact) mass is 398 g/mol. The van der Waals surface area contributed by atoms with E-state index in [4.69, 9.17) is 10.5 Å². The number of amides is 2. The number of aliphatic imine (C=N–C) groups is 1. The summed E-state index contributed by atoms with van der Waals surface area (Å²) in [7, 11) is 0. The molecule has 3 atom stereocenters. The normalized spacial score (nSPS) is 27.5. The van der Waals surface area contributed by atoms with Crippen molar-refractivity contribution in [2.24, 2.45) is 22.6 Å². The number of rotatable bonds is 6. The van der Waals surface area contributed by atoms with Crippen LogP contribution in [0.4, 0.5) is 0 Å². The third-order valence-corrected chi connectivity index (χ3v) is 6.68. The van der Waals surface area contributed by atoms with Gasteiger partial charge in [-0.2, -0.15) is 0 Å². The molecule has 4 rings (SSSR count). The first-order chi connectivity index (χ1) is 14.0. The van der Waals surface area contributed by atoms with Gasteiger partial charge in [0.1, 0.15) is 5.75 Å². The zero-order valence-electron chi connectivity index (χ0n) is 17.2. The summed E-state index contributed by atoms with van der Waals surface area (Å²) in [5, 5.41) is 3.17. The van der Waals surface area contributed by atoms with E-state index in [1.807, 2.05) is 38.1 Å². The molecule has 3 aliphatic rings. The number of ether oxygens (including phenoxy) is 1. The smallest absolute Gasteiger partial charge is 0.231 e. The number of nitrogens with one attached hydrogen (secondary N) is 1. The minimum Gasteiger partial charge on any atom is -0.493 e. The lowest BCUT2D eigenvalue weighted by Crippen LogP contribution is -2.52. The van der Waals surface area contributed by atoms with Crippen molar-refractivity contribution in [1.29, 1.82) is 0 Å². The number of guanidine groups is 1. The molecule has 3 N–H and O–H groups in total. The van der Waals surface area contributed by atoms with E-state index in [1.54, 1.807) is 4.90 Å². The highest BCUT2D eigenvalue weighted by Crippen LogP contribution is 2.41. The number of fused-ring (bicyclic) bond motifs is 1. The quantitative estimate of drug-likeness (QED) is 0.769. The lowest BCUT2D eigenvalue weighted by molar-refractivity contribution is -0.130. The Morgan fingerprint density at radius 2 is 2.10 bits per heavy atom. The fourth-order valence-electron chi connectivity index (χ4n) is 4.48. The van der Waals surface area contributed by atoms with Crippen LogP contribution in [-0.2, 0) is 9.59 Å². The van der Waals surface area contributed by atoms with Gasteiger partial charge in [-0.1, -0.05) is 32.0 Å². The van der Waals surface area contributed by atoms with Crippen LogP contribution in [0.3, 0.4) is 0 Å². The first kappa shape index (κ1) is 19.7. The summed E-state index contributed by atoms with van der Waals surface area (Å²) in [4.78, 5) is 31.7. The molecule has 0 bridgehead atoms. The molecule has 7 nitrogen and oxygen atoms in total. The summed E-state index contributed by atoms with van der Waals surface area (Å²) >= 11 is 0. The van der Waals surface area contributed by atoms with Crippen molar-refractivity contribution < 1.29 is 14.3 Å². The lowest BCUT2D eigenvalue weighted by Gasteiger charge is -2.36. The van der Waals surface area contributed by atoms with Gasteiger partial charge >= 0.3 is 0 Å². The number of carbonyl (C=O) groups excluding carboxylic acids is 2. The standard InChI is InChI=1S/C22H30N4O3/c1-3-22(4-2)12-19(27)26(21(23)25-22)13-14-11-16(14)20(28)24-17-9-10-29-18-8-6-5-7-15(17)18/h5-8,14,16-17H,3-4,9-13H2,1-2H3,(H2,23,25)(H,24,28)/t14?,16?,17-/m0/s1. The molecule has 1 aromatic carbocycles. The predicted octanol–water partition coefficient (Wildman–Crippen LogP) is 2.37. The predicted molar refractivity (Wildman–Crippen MR) is 110 cm³/mol. The number of nitrogens with zero attached hydrogens (tertiary/aromatic N) is 2.